The van der Waals surface area contributed by atoms with Crippen molar-refractivity contribution in [1.29, 1.82) is 0 Å². The summed E-state index contributed by atoms with van der Waals surface area (Å²) in [5, 5.41) is 0. The average Bonchev–Trinajstić information content (AvgIpc) is 2.49. The molecule has 1 aromatic rings. The maximum Gasteiger partial charge on any atom is 0.222 e. The van der Waals surface area contributed by atoms with Crippen molar-refractivity contribution in [2.75, 3.05) is 7.05 Å². The SMILES string of the molecule is C.CN1C(=O)CC[C@H]1c1cccnc1. The molecule has 0 radical (unpaired) electrons. The number of hydrogen-bond acceptors (Lipinski definition) is 2. The van der Waals surface area contributed by atoms with E-state index in [1.165, 1.54) is 0 Å². The van der Waals surface area contributed by atoms with Crippen molar-refractivity contribution < 1.29 is 4.79 Å². The second-order valence-electron chi connectivity index (χ2n) is 3.35. The highest BCUT2D eigenvalue weighted by molar-refractivity contribution is 5.78. The third-order valence-corrected chi connectivity index (χ3v) is 2.56. The van der Waals surface area contributed by atoms with E-state index >= 15 is 0 Å². The molecular formula is C11H16N2O. The molecule has 76 valence electrons. The standard InChI is InChI=1S/C10H12N2O.CH4/c1-12-9(4-5-10(12)13)8-3-2-6-11-7-8;/h2-3,6-7,9H,4-5H2,1H3;1H4/t9-;/m0./s1. The highest BCUT2D eigenvalue weighted by Gasteiger charge is 2.28. The van der Waals surface area contributed by atoms with Crippen molar-refractivity contribution in [2.24, 2.45) is 0 Å². The van der Waals surface area contributed by atoms with Gasteiger partial charge in [0.2, 0.25) is 5.91 Å². The minimum Gasteiger partial charge on any atom is -0.339 e. The fourth-order valence-electron chi connectivity index (χ4n) is 1.77. The maximum atomic E-state index is 11.3. The Bertz CT molecular complexity index is 310. The predicted octanol–water partition coefficient (Wildman–Crippen LogP) is 2.01. The van der Waals surface area contributed by atoms with Gasteiger partial charge in [0, 0.05) is 25.9 Å². The van der Waals surface area contributed by atoms with Crippen LogP contribution < -0.4 is 0 Å². The van der Waals surface area contributed by atoms with E-state index in [1.807, 2.05) is 25.4 Å². The monoisotopic (exact) mass is 192 g/mol. The molecule has 1 aliphatic heterocycles. The molecule has 3 nitrogen and oxygen atoms in total. The number of hydrogen-bond donors (Lipinski definition) is 0. The molecule has 1 aliphatic rings. The van der Waals surface area contributed by atoms with E-state index in [1.54, 1.807) is 11.1 Å². The number of aromatic nitrogens is 1. The number of pyridine rings is 1. The van der Waals surface area contributed by atoms with Crippen molar-refractivity contribution >= 4 is 5.91 Å². The van der Waals surface area contributed by atoms with Crippen LogP contribution in [-0.2, 0) is 4.79 Å². The second kappa shape index (κ2) is 4.22. The average molecular weight is 192 g/mol. The molecule has 2 rings (SSSR count). The lowest BCUT2D eigenvalue weighted by Gasteiger charge is -2.19. The lowest BCUT2D eigenvalue weighted by Crippen LogP contribution is -2.22. The number of amides is 1. The topological polar surface area (TPSA) is 33.2 Å². The molecule has 1 aromatic heterocycles. The van der Waals surface area contributed by atoms with Crippen molar-refractivity contribution in [3.63, 3.8) is 0 Å². The van der Waals surface area contributed by atoms with Gasteiger partial charge in [-0.05, 0) is 18.1 Å². The van der Waals surface area contributed by atoms with Crippen molar-refractivity contribution in [1.82, 2.24) is 9.88 Å². The van der Waals surface area contributed by atoms with Crippen LogP contribution in [-0.4, -0.2) is 22.8 Å². The van der Waals surface area contributed by atoms with Gasteiger partial charge in [0.15, 0.2) is 0 Å². The Hall–Kier alpha value is -1.38. The molecule has 0 unspecified atom stereocenters. The fraction of sp³-hybridized carbons (Fsp3) is 0.455. The van der Waals surface area contributed by atoms with Crippen LogP contribution in [0.3, 0.4) is 0 Å². The van der Waals surface area contributed by atoms with Crippen LogP contribution >= 0.6 is 0 Å². The number of likely N-dealkylation sites (tertiary alicyclic amines) is 1. The molecule has 2 heterocycles. The first-order valence-corrected chi connectivity index (χ1v) is 4.44. The van der Waals surface area contributed by atoms with Crippen LogP contribution in [0.4, 0.5) is 0 Å². The van der Waals surface area contributed by atoms with Gasteiger partial charge in [0.1, 0.15) is 0 Å². The molecule has 1 atom stereocenters. The molecule has 14 heavy (non-hydrogen) atoms. The Labute approximate surface area is 84.8 Å². The molecule has 0 saturated carbocycles. The Kier molecular flexibility index (Phi) is 3.23. The molecule has 0 aliphatic carbocycles. The van der Waals surface area contributed by atoms with Crippen LogP contribution in [0.25, 0.3) is 0 Å². The van der Waals surface area contributed by atoms with E-state index in [9.17, 15) is 4.79 Å². The zero-order valence-corrected chi connectivity index (χ0v) is 7.60. The summed E-state index contributed by atoms with van der Waals surface area (Å²) in [6.07, 6.45) is 5.16. The first-order valence-electron chi connectivity index (χ1n) is 4.44. The number of rotatable bonds is 1. The zero-order valence-electron chi connectivity index (χ0n) is 7.60. The minimum absolute atomic E-state index is 0. The van der Waals surface area contributed by atoms with Gasteiger partial charge in [-0.15, -0.1) is 0 Å². The van der Waals surface area contributed by atoms with Crippen molar-refractivity contribution in [3.8, 4) is 0 Å². The summed E-state index contributed by atoms with van der Waals surface area (Å²) in [6.45, 7) is 0. The number of carbonyl (C=O) groups is 1. The highest BCUT2D eigenvalue weighted by Crippen LogP contribution is 2.30. The van der Waals surface area contributed by atoms with Gasteiger partial charge in [0.25, 0.3) is 0 Å². The zero-order chi connectivity index (χ0) is 9.26. The van der Waals surface area contributed by atoms with Gasteiger partial charge in [-0.25, -0.2) is 0 Å². The second-order valence-corrected chi connectivity index (χ2v) is 3.35. The van der Waals surface area contributed by atoms with E-state index < -0.39 is 0 Å². The molecule has 3 heteroatoms. The Morgan fingerprint density at radius 1 is 1.57 bits per heavy atom. The highest BCUT2D eigenvalue weighted by atomic mass is 16.2. The Balaban J connectivity index is 0.000000980. The predicted molar refractivity (Wildman–Crippen MR) is 55.7 cm³/mol. The smallest absolute Gasteiger partial charge is 0.222 e. The van der Waals surface area contributed by atoms with E-state index in [4.69, 9.17) is 0 Å². The van der Waals surface area contributed by atoms with E-state index in [2.05, 4.69) is 4.98 Å². The normalized spacial score (nSPS) is 20.8. The number of carbonyl (C=O) groups excluding carboxylic acids is 1. The minimum atomic E-state index is 0. The van der Waals surface area contributed by atoms with Gasteiger partial charge in [-0.3, -0.25) is 9.78 Å². The quantitative estimate of drug-likeness (QED) is 0.682. The van der Waals surface area contributed by atoms with Crippen molar-refractivity contribution in [2.45, 2.75) is 26.3 Å². The Morgan fingerprint density at radius 3 is 2.86 bits per heavy atom. The Morgan fingerprint density at radius 2 is 2.36 bits per heavy atom. The van der Waals surface area contributed by atoms with Crippen LogP contribution in [0.5, 0.6) is 0 Å². The maximum absolute atomic E-state index is 11.3. The van der Waals surface area contributed by atoms with Gasteiger partial charge >= 0.3 is 0 Å². The lowest BCUT2D eigenvalue weighted by molar-refractivity contribution is -0.127. The van der Waals surface area contributed by atoms with Gasteiger partial charge in [-0.1, -0.05) is 13.5 Å². The largest absolute Gasteiger partial charge is 0.339 e. The van der Waals surface area contributed by atoms with E-state index in [0.717, 1.165) is 12.0 Å². The van der Waals surface area contributed by atoms with E-state index in [-0.39, 0.29) is 19.4 Å². The molecule has 1 saturated heterocycles. The molecule has 0 spiro atoms. The van der Waals surface area contributed by atoms with E-state index in [0.29, 0.717) is 6.42 Å². The van der Waals surface area contributed by atoms with Gasteiger partial charge in [0.05, 0.1) is 6.04 Å². The molecule has 0 bridgehead atoms. The summed E-state index contributed by atoms with van der Waals surface area (Å²) in [4.78, 5) is 17.1. The summed E-state index contributed by atoms with van der Waals surface area (Å²) in [5.74, 6) is 0.230. The van der Waals surface area contributed by atoms with Crippen LogP contribution in [0, 0.1) is 0 Å². The molecule has 0 N–H and O–H groups in total. The van der Waals surface area contributed by atoms with Gasteiger partial charge < -0.3 is 4.90 Å². The molecule has 1 amide bonds. The lowest BCUT2D eigenvalue weighted by atomic mass is 10.1. The first-order chi connectivity index (χ1) is 6.29. The summed E-state index contributed by atoms with van der Waals surface area (Å²) in [7, 11) is 1.85. The molecular weight excluding hydrogens is 176 g/mol. The summed E-state index contributed by atoms with van der Waals surface area (Å²) < 4.78 is 0. The van der Waals surface area contributed by atoms with Crippen LogP contribution in [0.1, 0.15) is 31.9 Å². The summed E-state index contributed by atoms with van der Waals surface area (Å²) in [6, 6.07) is 4.17. The summed E-state index contributed by atoms with van der Waals surface area (Å²) >= 11 is 0. The van der Waals surface area contributed by atoms with Crippen LogP contribution in [0.2, 0.25) is 0 Å². The van der Waals surface area contributed by atoms with Crippen molar-refractivity contribution in [3.05, 3.63) is 30.1 Å². The van der Waals surface area contributed by atoms with Crippen LogP contribution in [0.15, 0.2) is 24.5 Å². The van der Waals surface area contributed by atoms with Gasteiger partial charge in [-0.2, -0.15) is 0 Å². The third-order valence-electron chi connectivity index (χ3n) is 2.56. The number of nitrogens with zero attached hydrogens (tertiary/aromatic N) is 2. The first kappa shape index (κ1) is 10.7. The fourth-order valence-corrected chi connectivity index (χ4v) is 1.77. The molecule has 0 aromatic carbocycles. The summed E-state index contributed by atoms with van der Waals surface area (Å²) in [5.41, 5.74) is 1.14. The third kappa shape index (κ3) is 1.76. The molecule has 1 fully saturated rings.